The Bertz CT molecular complexity index is 572. The van der Waals surface area contributed by atoms with Crippen molar-refractivity contribution in [2.24, 2.45) is 0 Å². The molecule has 2 rings (SSSR count). The van der Waals surface area contributed by atoms with Gasteiger partial charge in [0.2, 0.25) is 0 Å². The van der Waals surface area contributed by atoms with Gasteiger partial charge in [0.25, 0.3) is 6.43 Å². The first-order chi connectivity index (χ1) is 8.61. The molecule has 3 nitrogen and oxygen atoms in total. The summed E-state index contributed by atoms with van der Waals surface area (Å²) in [4.78, 5) is 16.6. The fraction of sp³-hybridized carbons (Fsp3) is 0.231. The van der Waals surface area contributed by atoms with E-state index in [4.69, 9.17) is 0 Å². The van der Waals surface area contributed by atoms with Crippen LogP contribution < -0.4 is 4.90 Å². The van der Waals surface area contributed by atoms with Crippen molar-refractivity contribution in [1.29, 1.82) is 0 Å². The molecule has 1 aromatic heterocycles. The van der Waals surface area contributed by atoms with E-state index in [-0.39, 0.29) is 5.82 Å². The first-order valence-electron chi connectivity index (χ1n) is 5.46. The largest absolute Gasteiger partial charge is 0.353 e. The molecule has 0 unspecified atom stereocenters. The monoisotopic (exact) mass is 250 g/mol. The van der Waals surface area contributed by atoms with Crippen molar-refractivity contribution < 1.29 is 13.6 Å². The maximum atomic E-state index is 12.4. The Morgan fingerprint density at radius 2 is 2.11 bits per heavy atom. The Kier molecular flexibility index (Phi) is 3.50. The Morgan fingerprint density at radius 1 is 1.39 bits per heavy atom. The lowest BCUT2D eigenvalue weighted by atomic mass is 10.1. The second-order valence-electron chi connectivity index (χ2n) is 3.98. The molecule has 94 valence electrons. The minimum atomic E-state index is -2.47. The predicted octanol–water partition coefficient (Wildman–Crippen LogP) is 2.75. The van der Waals surface area contributed by atoms with Crippen LogP contribution in [0.5, 0.6) is 0 Å². The molecule has 5 heteroatoms. The number of carbonyl (C=O) groups excluding carboxylic acids is 1. The van der Waals surface area contributed by atoms with E-state index in [2.05, 4.69) is 4.98 Å². The zero-order valence-corrected chi connectivity index (χ0v) is 9.81. The summed E-state index contributed by atoms with van der Waals surface area (Å²) >= 11 is 0. The Hall–Kier alpha value is -2.04. The summed E-state index contributed by atoms with van der Waals surface area (Å²) in [5, 5.41) is 0.814. The minimum absolute atomic E-state index is 0.281. The fourth-order valence-electron chi connectivity index (χ4n) is 1.81. The van der Waals surface area contributed by atoms with Crippen LogP contribution in [0.1, 0.15) is 10.4 Å². The first kappa shape index (κ1) is 12.4. The third-order valence-electron chi connectivity index (χ3n) is 2.63. The van der Waals surface area contributed by atoms with Gasteiger partial charge < -0.3 is 4.90 Å². The van der Waals surface area contributed by atoms with E-state index in [9.17, 15) is 13.6 Å². The molecular weight excluding hydrogens is 238 g/mol. The van der Waals surface area contributed by atoms with Gasteiger partial charge in [0.05, 0.1) is 17.6 Å². The number of alkyl halides is 2. The van der Waals surface area contributed by atoms with Gasteiger partial charge in [-0.25, -0.2) is 13.8 Å². The summed E-state index contributed by atoms with van der Waals surface area (Å²) in [6.07, 6.45) is -1.83. The van der Waals surface area contributed by atoms with Crippen LogP contribution in [0.2, 0.25) is 0 Å². The molecule has 0 aliphatic heterocycles. The van der Waals surface area contributed by atoms with Gasteiger partial charge in [-0.1, -0.05) is 18.2 Å². The van der Waals surface area contributed by atoms with Gasteiger partial charge >= 0.3 is 0 Å². The molecule has 0 N–H and O–H groups in total. The van der Waals surface area contributed by atoms with Crippen LogP contribution in [0.4, 0.5) is 14.6 Å². The number of halogens is 2. The van der Waals surface area contributed by atoms with Crippen molar-refractivity contribution >= 4 is 23.0 Å². The normalized spacial score (nSPS) is 10.9. The number of aldehydes is 1. The number of carbonyl (C=O) groups is 1. The van der Waals surface area contributed by atoms with Gasteiger partial charge in [-0.2, -0.15) is 0 Å². The second kappa shape index (κ2) is 5.08. The van der Waals surface area contributed by atoms with Crippen molar-refractivity contribution in [3.8, 4) is 0 Å². The van der Waals surface area contributed by atoms with E-state index < -0.39 is 13.0 Å². The van der Waals surface area contributed by atoms with Crippen LogP contribution in [-0.2, 0) is 0 Å². The Morgan fingerprint density at radius 3 is 2.78 bits per heavy atom. The molecule has 1 heterocycles. The van der Waals surface area contributed by atoms with Gasteiger partial charge in [-0.15, -0.1) is 0 Å². The minimum Gasteiger partial charge on any atom is -0.353 e. The van der Waals surface area contributed by atoms with E-state index in [1.165, 1.54) is 11.9 Å². The van der Waals surface area contributed by atoms with Crippen molar-refractivity contribution in [1.82, 2.24) is 4.98 Å². The summed E-state index contributed by atoms with van der Waals surface area (Å²) in [5.41, 5.74) is 0.996. The molecule has 0 amide bonds. The summed E-state index contributed by atoms with van der Waals surface area (Å²) in [6, 6.07) is 8.91. The molecule has 0 saturated heterocycles. The molecule has 1 aromatic carbocycles. The smallest absolute Gasteiger partial charge is 0.255 e. The highest BCUT2D eigenvalue weighted by atomic mass is 19.3. The number of benzene rings is 1. The number of pyridine rings is 1. The number of hydrogen-bond donors (Lipinski definition) is 0. The zero-order chi connectivity index (χ0) is 13.1. The third kappa shape index (κ3) is 2.45. The zero-order valence-electron chi connectivity index (χ0n) is 9.81. The van der Waals surface area contributed by atoms with Crippen molar-refractivity contribution in [3.63, 3.8) is 0 Å². The molecule has 2 aromatic rings. The number of nitrogens with zero attached hydrogens (tertiary/aromatic N) is 2. The molecule has 0 aliphatic rings. The average molecular weight is 250 g/mol. The lowest BCUT2D eigenvalue weighted by Gasteiger charge is -2.19. The van der Waals surface area contributed by atoms with Crippen molar-refractivity contribution in [3.05, 3.63) is 35.9 Å². The number of rotatable bonds is 4. The molecule has 0 fully saturated rings. The van der Waals surface area contributed by atoms with Gasteiger partial charge in [0.1, 0.15) is 5.82 Å². The summed E-state index contributed by atoms with van der Waals surface area (Å²) in [5.74, 6) is 0.281. The van der Waals surface area contributed by atoms with Gasteiger partial charge in [-0.05, 0) is 12.1 Å². The van der Waals surface area contributed by atoms with Gasteiger partial charge in [0, 0.05) is 12.4 Å². The molecule has 0 saturated carbocycles. The van der Waals surface area contributed by atoms with Gasteiger partial charge in [0.15, 0.2) is 6.29 Å². The Labute approximate surface area is 103 Å². The van der Waals surface area contributed by atoms with Crippen molar-refractivity contribution in [2.45, 2.75) is 6.43 Å². The maximum absolute atomic E-state index is 12.4. The van der Waals surface area contributed by atoms with E-state index >= 15 is 0 Å². The van der Waals surface area contributed by atoms with Crippen LogP contribution in [0.15, 0.2) is 30.3 Å². The van der Waals surface area contributed by atoms with Gasteiger partial charge in [-0.3, -0.25) is 4.79 Å². The number of para-hydroxylation sites is 1. The molecular formula is C13H12F2N2O. The molecule has 0 bridgehead atoms. The van der Waals surface area contributed by atoms with Crippen molar-refractivity contribution in [2.75, 3.05) is 18.5 Å². The lowest BCUT2D eigenvalue weighted by molar-refractivity contribution is 0.112. The second-order valence-corrected chi connectivity index (χ2v) is 3.98. The summed E-state index contributed by atoms with van der Waals surface area (Å²) < 4.78 is 24.7. The van der Waals surface area contributed by atoms with Crippen LogP contribution in [-0.4, -0.2) is 31.3 Å². The van der Waals surface area contributed by atoms with Crippen LogP contribution in [0.3, 0.4) is 0 Å². The molecule has 0 spiro atoms. The highest BCUT2D eigenvalue weighted by molar-refractivity contribution is 5.91. The number of hydrogen-bond acceptors (Lipinski definition) is 3. The summed E-state index contributed by atoms with van der Waals surface area (Å²) in [7, 11) is 1.50. The molecule has 0 aliphatic carbocycles. The van der Waals surface area contributed by atoms with E-state index in [0.717, 1.165) is 5.39 Å². The van der Waals surface area contributed by atoms with Crippen LogP contribution in [0, 0.1) is 0 Å². The molecule has 18 heavy (non-hydrogen) atoms. The SMILES string of the molecule is CN(CC(F)F)c1nc2ccccc2cc1C=O. The van der Waals surface area contributed by atoms with Crippen LogP contribution in [0.25, 0.3) is 10.9 Å². The van der Waals surface area contributed by atoms with Crippen LogP contribution >= 0.6 is 0 Å². The summed E-state index contributed by atoms with van der Waals surface area (Å²) in [6.45, 7) is -0.452. The molecule has 0 atom stereocenters. The topological polar surface area (TPSA) is 33.2 Å². The van der Waals surface area contributed by atoms with E-state index in [1.807, 2.05) is 18.2 Å². The number of fused-ring (bicyclic) bond motifs is 1. The highest BCUT2D eigenvalue weighted by Crippen LogP contribution is 2.22. The maximum Gasteiger partial charge on any atom is 0.255 e. The fourth-order valence-corrected chi connectivity index (χ4v) is 1.81. The number of aromatic nitrogens is 1. The lowest BCUT2D eigenvalue weighted by Crippen LogP contribution is -2.26. The number of anilines is 1. The standard InChI is InChI=1S/C13H12F2N2O/c1-17(7-12(14)15)13-10(8-18)6-9-4-2-3-5-11(9)16-13/h2-6,8,12H,7H2,1H3. The van der Waals surface area contributed by atoms with E-state index in [1.54, 1.807) is 12.1 Å². The average Bonchev–Trinajstić information content (AvgIpc) is 2.36. The predicted molar refractivity (Wildman–Crippen MR) is 66.4 cm³/mol. The molecule has 0 radical (unpaired) electrons. The Balaban J connectivity index is 2.51. The first-order valence-corrected chi connectivity index (χ1v) is 5.46. The van der Waals surface area contributed by atoms with E-state index in [0.29, 0.717) is 17.4 Å². The third-order valence-corrected chi connectivity index (χ3v) is 2.63. The highest BCUT2D eigenvalue weighted by Gasteiger charge is 2.14. The quantitative estimate of drug-likeness (QED) is 0.782.